The predicted molar refractivity (Wildman–Crippen MR) is 72.4 cm³/mol. The number of fused-ring (bicyclic) bond motifs is 1. The average molecular weight is 270 g/mol. The third-order valence-corrected chi connectivity index (χ3v) is 5.33. The molecule has 0 aromatic rings. The van der Waals surface area contributed by atoms with Crippen molar-refractivity contribution in [2.24, 2.45) is 23.0 Å². The second kappa shape index (κ2) is 4.72. The van der Waals surface area contributed by atoms with Crippen molar-refractivity contribution in [1.29, 1.82) is 0 Å². The van der Waals surface area contributed by atoms with Crippen molar-refractivity contribution in [3.8, 4) is 0 Å². The van der Waals surface area contributed by atoms with Crippen LogP contribution in [0.25, 0.3) is 0 Å². The first-order valence-electron chi connectivity index (χ1n) is 7.09. The molecule has 0 aromatic carbocycles. The highest BCUT2D eigenvalue weighted by Crippen LogP contribution is 2.58. The van der Waals surface area contributed by atoms with Gasteiger partial charge in [-0.3, -0.25) is 4.79 Å². The van der Waals surface area contributed by atoms with Gasteiger partial charge in [0.1, 0.15) is 5.54 Å². The van der Waals surface area contributed by atoms with Gasteiger partial charge >= 0.3 is 0 Å². The third kappa shape index (κ3) is 1.90. The molecule has 1 saturated carbocycles. The number of hydrogen-bond acceptors (Lipinski definition) is 4. The van der Waals surface area contributed by atoms with Crippen LogP contribution in [0.5, 0.6) is 0 Å². The van der Waals surface area contributed by atoms with Crippen molar-refractivity contribution in [2.45, 2.75) is 51.8 Å². The van der Waals surface area contributed by atoms with Gasteiger partial charge in [-0.2, -0.15) is 0 Å². The molecular formula is C14H26N2O3. The van der Waals surface area contributed by atoms with E-state index in [0.29, 0.717) is 6.61 Å². The summed E-state index contributed by atoms with van der Waals surface area (Å²) in [5, 5.41) is 12.1. The molecule has 2 aliphatic rings. The normalized spacial score (nSPS) is 39.1. The lowest BCUT2D eigenvalue weighted by atomic mass is 9.48. The minimum atomic E-state index is -0.863. The quantitative estimate of drug-likeness (QED) is 0.684. The molecule has 1 heterocycles. The average Bonchev–Trinajstić information content (AvgIpc) is 2.84. The number of aliphatic hydroxyl groups excluding tert-OH is 1. The van der Waals surface area contributed by atoms with E-state index in [-0.39, 0.29) is 41.9 Å². The Morgan fingerprint density at radius 1 is 1.53 bits per heavy atom. The molecule has 4 N–H and O–H groups in total. The summed E-state index contributed by atoms with van der Waals surface area (Å²) in [7, 11) is 0. The van der Waals surface area contributed by atoms with Gasteiger partial charge in [0.15, 0.2) is 0 Å². The molecule has 5 unspecified atom stereocenters. The van der Waals surface area contributed by atoms with Crippen molar-refractivity contribution in [1.82, 2.24) is 5.32 Å². The molecule has 0 bridgehead atoms. The maximum absolute atomic E-state index is 12.6. The zero-order valence-corrected chi connectivity index (χ0v) is 12.3. The molecule has 5 heteroatoms. The molecular weight excluding hydrogens is 244 g/mol. The molecule has 1 aliphatic carbocycles. The molecule has 19 heavy (non-hydrogen) atoms. The fraction of sp³-hybridized carbons (Fsp3) is 0.929. The van der Waals surface area contributed by atoms with Gasteiger partial charge < -0.3 is 20.9 Å². The third-order valence-electron chi connectivity index (χ3n) is 5.33. The molecule has 0 spiro atoms. The molecule has 1 saturated heterocycles. The van der Waals surface area contributed by atoms with Crippen molar-refractivity contribution in [3.05, 3.63) is 0 Å². The van der Waals surface area contributed by atoms with Gasteiger partial charge in [-0.1, -0.05) is 20.8 Å². The lowest BCUT2D eigenvalue weighted by Gasteiger charge is -2.60. The highest BCUT2D eigenvalue weighted by Gasteiger charge is 2.71. The Morgan fingerprint density at radius 2 is 2.16 bits per heavy atom. The first-order valence-corrected chi connectivity index (χ1v) is 7.09. The zero-order valence-electron chi connectivity index (χ0n) is 12.3. The fourth-order valence-corrected chi connectivity index (χ4v) is 3.47. The smallest absolute Gasteiger partial charge is 0.241 e. The summed E-state index contributed by atoms with van der Waals surface area (Å²) in [5.41, 5.74) is 5.23. The maximum Gasteiger partial charge on any atom is 0.241 e. The van der Waals surface area contributed by atoms with Crippen LogP contribution < -0.4 is 11.1 Å². The fourth-order valence-electron chi connectivity index (χ4n) is 3.47. The molecule has 0 radical (unpaired) electrons. The van der Waals surface area contributed by atoms with Crippen molar-refractivity contribution < 1.29 is 14.6 Å². The van der Waals surface area contributed by atoms with E-state index in [9.17, 15) is 4.79 Å². The molecule has 5 nitrogen and oxygen atoms in total. The highest BCUT2D eigenvalue weighted by atomic mass is 16.5. The molecule has 1 aliphatic heterocycles. The largest absolute Gasteiger partial charge is 0.396 e. The molecule has 2 fully saturated rings. The minimum Gasteiger partial charge on any atom is -0.396 e. The monoisotopic (exact) mass is 270 g/mol. The van der Waals surface area contributed by atoms with E-state index in [0.717, 1.165) is 6.42 Å². The van der Waals surface area contributed by atoms with Gasteiger partial charge in [-0.15, -0.1) is 0 Å². The standard InChI is InChI=1S/C14H26N2O3/c1-8(7-17)9(2)16-12(18)14(15)10-5-6-19-11(10)13(14,3)4/h8-11,17H,5-7,15H2,1-4H3,(H,16,18). The van der Waals surface area contributed by atoms with Gasteiger partial charge in [-0.25, -0.2) is 0 Å². The molecule has 1 amide bonds. The van der Waals surface area contributed by atoms with Crippen LogP contribution in [0.4, 0.5) is 0 Å². The number of rotatable bonds is 4. The van der Waals surface area contributed by atoms with Crippen LogP contribution in [0.2, 0.25) is 0 Å². The van der Waals surface area contributed by atoms with E-state index in [1.54, 1.807) is 0 Å². The Hall–Kier alpha value is -0.650. The second-order valence-electron chi connectivity index (χ2n) is 6.70. The number of aliphatic hydroxyl groups is 1. The van der Waals surface area contributed by atoms with Crippen LogP contribution in [0, 0.1) is 17.3 Å². The topological polar surface area (TPSA) is 84.6 Å². The molecule has 5 atom stereocenters. The van der Waals surface area contributed by atoms with Crippen LogP contribution in [-0.4, -0.2) is 41.9 Å². The Bertz CT molecular complexity index is 372. The van der Waals surface area contributed by atoms with Crippen molar-refractivity contribution in [3.63, 3.8) is 0 Å². The highest BCUT2D eigenvalue weighted by molar-refractivity contribution is 5.89. The summed E-state index contributed by atoms with van der Waals surface area (Å²) in [5.74, 6) is 0.0162. The van der Waals surface area contributed by atoms with Crippen molar-refractivity contribution in [2.75, 3.05) is 13.2 Å². The van der Waals surface area contributed by atoms with E-state index in [2.05, 4.69) is 5.32 Å². The SMILES string of the molecule is CC(CO)C(C)NC(=O)C1(N)C2CCOC2C1(C)C. The van der Waals surface area contributed by atoms with E-state index in [4.69, 9.17) is 15.6 Å². The van der Waals surface area contributed by atoms with Gasteiger partial charge in [0.25, 0.3) is 0 Å². The van der Waals surface area contributed by atoms with Crippen LogP contribution in [0.15, 0.2) is 0 Å². The van der Waals surface area contributed by atoms with Gasteiger partial charge in [-0.05, 0) is 19.3 Å². The zero-order chi connectivity index (χ0) is 14.4. The van der Waals surface area contributed by atoms with Gasteiger partial charge in [0.2, 0.25) is 5.91 Å². The molecule has 110 valence electrons. The first-order chi connectivity index (χ1) is 8.76. The predicted octanol–water partition coefficient (Wildman–Crippen LogP) is 0.262. The summed E-state index contributed by atoms with van der Waals surface area (Å²) >= 11 is 0. The molecule has 2 rings (SSSR count). The summed E-state index contributed by atoms with van der Waals surface area (Å²) in [6, 6.07) is -0.0879. The van der Waals surface area contributed by atoms with Crippen LogP contribution >= 0.6 is 0 Å². The Kier molecular flexibility index (Phi) is 3.66. The number of nitrogens with one attached hydrogen (secondary N) is 1. The maximum atomic E-state index is 12.6. The number of carbonyl (C=O) groups is 1. The number of nitrogens with two attached hydrogens (primary N) is 1. The number of hydrogen-bond donors (Lipinski definition) is 3. The minimum absolute atomic E-state index is 0.0198. The van der Waals surface area contributed by atoms with Crippen LogP contribution in [0.1, 0.15) is 34.1 Å². The van der Waals surface area contributed by atoms with Gasteiger partial charge in [0, 0.05) is 30.6 Å². The lowest BCUT2D eigenvalue weighted by Crippen LogP contribution is -2.80. The summed E-state index contributed by atoms with van der Waals surface area (Å²) in [6.45, 7) is 8.54. The van der Waals surface area contributed by atoms with E-state index in [1.165, 1.54) is 0 Å². The summed E-state index contributed by atoms with van der Waals surface area (Å²) in [6.07, 6.45) is 0.941. The van der Waals surface area contributed by atoms with Crippen LogP contribution in [-0.2, 0) is 9.53 Å². The van der Waals surface area contributed by atoms with E-state index >= 15 is 0 Å². The van der Waals surface area contributed by atoms with Crippen molar-refractivity contribution >= 4 is 5.91 Å². The first kappa shape index (κ1) is 14.8. The molecule has 0 aromatic heterocycles. The van der Waals surface area contributed by atoms with E-state index in [1.807, 2.05) is 27.7 Å². The summed E-state index contributed by atoms with van der Waals surface area (Å²) in [4.78, 5) is 12.6. The van der Waals surface area contributed by atoms with E-state index < -0.39 is 5.54 Å². The second-order valence-corrected chi connectivity index (χ2v) is 6.70. The Morgan fingerprint density at radius 3 is 2.74 bits per heavy atom. The Balaban J connectivity index is 2.10. The number of carbonyl (C=O) groups excluding carboxylic acids is 1. The Labute approximate surface area is 114 Å². The van der Waals surface area contributed by atoms with Crippen LogP contribution in [0.3, 0.4) is 0 Å². The summed E-state index contributed by atoms with van der Waals surface area (Å²) < 4.78 is 5.69. The lowest BCUT2D eigenvalue weighted by molar-refractivity contribution is -0.176. The van der Waals surface area contributed by atoms with Gasteiger partial charge in [0.05, 0.1) is 6.10 Å². The number of ether oxygens (including phenoxy) is 1. The number of amides is 1.